The SMILES string of the molecule is CCNC(=NCC(C1CC1)C1CC1)NCCCOC1CCOC1.I. The number of ether oxygens (including phenoxy) is 2. The number of hydrogen-bond donors (Lipinski definition) is 2. The Morgan fingerprint density at radius 2 is 1.92 bits per heavy atom. The molecule has 1 atom stereocenters. The van der Waals surface area contributed by atoms with Gasteiger partial charge in [0.05, 0.1) is 12.7 Å². The van der Waals surface area contributed by atoms with Crippen LogP contribution in [0.4, 0.5) is 0 Å². The second-order valence-electron chi connectivity index (χ2n) is 7.20. The lowest BCUT2D eigenvalue weighted by molar-refractivity contribution is 0.0420. The molecule has 1 aliphatic heterocycles. The molecule has 0 aromatic heterocycles. The minimum Gasteiger partial charge on any atom is -0.379 e. The van der Waals surface area contributed by atoms with Crippen LogP contribution in [0.15, 0.2) is 4.99 Å². The quantitative estimate of drug-likeness (QED) is 0.232. The lowest BCUT2D eigenvalue weighted by Gasteiger charge is -2.16. The molecule has 5 nitrogen and oxygen atoms in total. The summed E-state index contributed by atoms with van der Waals surface area (Å²) in [6, 6.07) is 0. The Bertz CT molecular complexity index is 368. The second-order valence-corrected chi connectivity index (χ2v) is 7.20. The van der Waals surface area contributed by atoms with Crippen LogP contribution in [0, 0.1) is 17.8 Å². The highest BCUT2D eigenvalue weighted by Crippen LogP contribution is 2.49. The van der Waals surface area contributed by atoms with Gasteiger partial charge in [0.2, 0.25) is 0 Å². The van der Waals surface area contributed by atoms with Crippen molar-refractivity contribution >= 4 is 29.9 Å². The van der Waals surface area contributed by atoms with E-state index >= 15 is 0 Å². The third-order valence-electron chi connectivity index (χ3n) is 5.11. The first-order valence-corrected chi connectivity index (χ1v) is 9.58. The molecule has 24 heavy (non-hydrogen) atoms. The molecule has 6 heteroatoms. The van der Waals surface area contributed by atoms with Crippen LogP contribution in [0.25, 0.3) is 0 Å². The predicted molar refractivity (Wildman–Crippen MR) is 108 cm³/mol. The molecule has 3 fully saturated rings. The second kappa shape index (κ2) is 10.8. The molecule has 140 valence electrons. The number of nitrogens with zero attached hydrogens (tertiary/aromatic N) is 1. The highest BCUT2D eigenvalue weighted by Gasteiger charge is 2.41. The van der Waals surface area contributed by atoms with E-state index in [1.165, 1.54) is 25.7 Å². The van der Waals surface area contributed by atoms with Crippen LogP contribution in [0.5, 0.6) is 0 Å². The summed E-state index contributed by atoms with van der Waals surface area (Å²) >= 11 is 0. The first-order valence-electron chi connectivity index (χ1n) is 9.58. The minimum absolute atomic E-state index is 0. The monoisotopic (exact) mass is 451 g/mol. The van der Waals surface area contributed by atoms with E-state index in [-0.39, 0.29) is 24.0 Å². The number of nitrogens with one attached hydrogen (secondary N) is 2. The maximum absolute atomic E-state index is 5.80. The molecule has 2 saturated carbocycles. The molecule has 0 aromatic carbocycles. The lowest BCUT2D eigenvalue weighted by atomic mass is 9.98. The van der Waals surface area contributed by atoms with Crippen molar-refractivity contribution < 1.29 is 9.47 Å². The van der Waals surface area contributed by atoms with Crippen molar-refractivity contribution in [3.63, 3.8) is 0 Å². The summed E-state index contributed by atoms with van der Waals surface area (Å²) in [5.41, 5.74) is 0. The zero-order valence-electron chi connectivity index (χ0n) is 15.0. The fourth-order valence-electron chi connectivity index (χ4n) is 3.44. The lowest BCUT2D eigenvalue weighted by Crippen LogP contribution is -2.38. The van der Waals surface area contributed by atoms with Gasteiger partial charge in [-0.1, -0.05) is 0 Å². The van der Waals surface area contributed by atoms with E-state index in [0.29, 0.717) is 6.10 Å². The van der Waals surface area contributed by atoms with Crippen LogP contribution in [0.3, 0.4) is 0 Å². The first kappa shape index (κ1) is 20.2. The Morgan fingerprint density at radius 1 is 1.17 bits per heavy atom. The van der Waals surface area contributed by atoms with E-state index in [2.05, 4.69) is 17.6 Å². The molecule has 3 aliphatic rings. The summed E-state index contributed by atoms with van der Waals surface area (Å²) in [6.45, 7) is 7.37. The molecule has 1 saturated heterocycles. The predicted octanol–water partition coefficient (Wildman–Crippen LogP) is 2.79. The smallest absolute Gasteiger partial charge is 0.191 e. The molecule has 0 radical (unpaired) electrons. The van der Waals surface area contributed by atoms with Gasteiger partial charge in [0, 0.05) is 32.8 Å². The van der Waals surface area contributed by atoms with E-state index in [4.69, 9.17) is 14.5 Å². The van der Waals surface area contributed by atoms with Crippen LogP contribution in [-0.4, -0.2) is 51.5 Å². The van der Waals surface area contributed by atoms with E-state index < -0.39 is 0 Å². The molecule has 0 spiro atoms. The molecule has 0 bridgehead atoms. The summed E-state index contributed by atoms with van der Waals surface area (Å²) in [6.07, 6.45) is 8.10. The van der Waals surface area contributed by atoms with Crippen LogP contribution in [0.1, 0.15) is 45.4 Å². The summed E-state index contributed by atoms with van der Waals surface area (Å²) in [5.74, 6) is 3.76. The average molecular weight is 451 g/mol. The van der Waals surface area contributed by atoms with Crippen molar-refractivity contribution in [3.05, 3.63) is 0 Å². The van der Waals surface area contributed by atoms with Crippen molar-refractivity contribution in [3.8, 4) is 0 Å². The van der Waals surface area contributed by atoms with Gasteiger partial charge in [-0.15, -0.1) is 24.0 Å². The van der Waals surface area contributed by atoms with Gasteiger partial charge < -0.3 is 20.1 Å². The number of rotatable bonds is 10. The molecular weight excluding hydrogens is 417 g/mol. The largest absolute Gasteiger partial charge is 0.379 e. The van der Waals surface area contributed by atoms with Gasteiger partial charge in [0.25, 0.3) is 0 Å². The Labute approximate surface area is 163 Å². The highest BCUT2D eigenvalue weighted by molar-refractivity contribution is 14.0. The Balaban J connectivity index is 0.00000208. The van der Waals surface area contributed by atoms with Crippen molar-refractivity contribution in [2.45, 2.75) is 51.6 Å². The van der Waals surface area contributed by atoms with E-state index in [9.17, 15) is 0 Å². The molecule has 2 N–H and O–H groups in total. The van der Waals surface area contributed by atoms with Crippen LogP contribution in [0.2, 0.25) is 0 Å². The fourth-order valence-corrected chi connectivity index (χ4v) is 3.44. The Morgan fingerprint density at radius 3 is 2.50 bits per heavy atom. The van der Waals surface area contributed by atoms with Gasteiger partial charge in [-0.05, 0) is 63.2 Å². The number of guanidine groups is 1. The van der Waals surface area contributed by atoms with Gasteiger partial charge in [-0.2, -0.15) is 0 Å². The molecule has 2 aliphatic carbocycles. The average Bonchev–Trinajstić information content (AvgIpc) is 3.48. The molecule has 0 amide bonds. The van der Waals surface area contributed by atoms with Crippen LogP contribution >= 0.6 is 24.0 Å². The van der Waals surface area contributed by atoms with E-state index in [1.807, 2.05) is 0 Å². The summed E-state index contributed by atoms with van der Waals surface area (Å²) in [5, 5.41) is 6.81. The van der Waals surface area contributed by atoms with Crippen molar-refractivity contribution in [1.29, 1.82) is 0 Å². The zero-order valence-corrected chi connectivity index (χ0v) is 17.3. The van der Waals surface area contributed by atoms with Crippen LogP contribution < -0.4 is 10.6 Å². The third kappa shape index (κ3) is 7.04. The van der Waals surface area contributed by atoms with Crippen molar-refractivity contribution in [1.82, 2.24) is 10.6 Å². The fraction of sp³-hybridized carbons (Fsp3) is 0.944. The molecule has 3 rings (SSSR count). The van der Waals surface area contributed by atoms with E-state index in [0.717, 1.165) is 76.0 Å². The number of halogens is 1. The zero-order chi connectivity index (χ0) is 15.9. The maximum atomic E-state index is 5.80. The topological polar surface area (TPSA) is 54.9 Å². The van der Waals surface area contributed by atoms with Crippen molar-refractivity contribution in [2.24, 2.45) is 22.7 Å². The van der Waals surface area contributed by atoms with E-state index in [1.54, 1.807) is 0 Å². The van der Waals surface area contributed by atoms with Crippen molar-refractivity contribution in [2.75, 3.05) is 39.5 Å². The molecule has 1 unspecified atom stereocenters. The summed E-state index contributed by atoms with van der Waals surface area (Å²) in [4.78, 5) is 4.85. The molecular formula is C18H34IN3O2. The minimum atomic E-state index is 0. The van der Waals surface area contributed by atoms with Gasteiger partial charge >= 0.3 is 0 Å². The number of aliphatic imine (C=N–C) groups is 1. The van der Waals surface area contributed by atoms with Crippen LogP contribution in [-0.2, 0) is 9.47 Å². The first-order chi connectivity index (χ1) is 11.4. The third-order valence-corrected chi connectivity index (χ3v) is 5.11. The van der Waals surface area contributed by atoms with Gasteiger partial charge in [-0.25, -0.2) is 0 Å². The normalized spacial score (nSPS) is 24.1. The highest BCUT2D eigenvalue weighted by atomic mass is 127. The van der Waals surface area contributed by atoms with Gasteiger partial charge in [-0.3, -0.25) is 4.99 Å². The van der Waals surface area contributed by atoms with Gasteiger partial charge in [0.1, 0.15) is 0 Å². The Kier molecular flexibility index (Phi) is 9.11. The Hall–Kier alpha value is -0.0800. The standard InChI is InChI=1S/C18H33N3O2.HI/c1-2-19-18(20-9-3-10-23-16-8-11-22-13-16)21-12-17(14-4-5-14)15-6-7-15;/h14-17H,2-13H2,1H3,(H2,19,20,21);1H. The van der Waals surface area contributed by atoms with Gasteiger partial charge in [0.15, 0.2) is 5.96 Å². The molecule has 1 heterocycles. The number of hydrogen-bond acceptors (Lipinski definition) is 3. The maximum Gasteiger partial charge on any atom is 0.191 e. The molecule has 0 aromatic rings. The summed E-state index contributed by atoms with van der Waals surface area (Å²) < 4.78 is 11.1. The summed E-state index contributed by atoms with van der Waals surface area (Å²) in [7, 11) is 0.